The van der Waals surface area contributed by atoms with Crippen LogP contribution in [0.25, 0.3) is 11.1 Å². The molecule has 0 heterocycles. The van der Waals surface area contributed by atoms with Crippen LogP contribution < -0.4 is 5.73 Å². The van der Waals surface area contributed by atoms with Gasteiger partial charge < -0.3 is 15.6 Å². The third-order valence-corrected chi connectivity index (χ3v) is 2.65. The summed E-state index contributed by atoms with van der Waals surface area (Å²) in [6, 6.07) is 12.2. The maximum absolute atomic E-state index is 11.5. The minimum Gasteiger partial charge on any atom is -0.505 e. The molecule has 0 amide bonds. The molecule has 3 N–H and O–H groups in total. The molecule has 4 nitrogen and oxygen atoms in total. The van der Waals surface area contributed by atoms with Crippen LogP contribution in [0.4, 0.5) is 5.69 Å². The Balaban J connectivity index is 2.60. The molecule has 0 aliphatic rings. The highest BCUT2D eigenvalue weighted by atomic mass is 16.5. The number of hydrogen-bond acceptors (Lipinski definition) is 4. The van der Waals surface area contributed by atoms with E-state index in [1.807, 2.05) is 30.3 Å². The monoisotopic (exact) mass is 243 g/mol. The predicted molar refractivity (Wildman–Crippen MR) is 69.3 cm³/mol. The lowest BCUT2D eigenvalue weighted by Crippen LogP contribution is -2.03. The maximum atomic E-state index is 11.5. The maximum Gasteiger partial charge on any atom is 0.337 e. The molecule has 0 radical (unpaired) electrons. The molecule has 0 aliphatic carbocycles. The van der Waals surface area contributed by atoms with E-state index in [1.165, 1.54) is 13.2 Å². The van der Waals surface area contributed by atoms with Gasteiger partial charge in [0.1, 0.15) is 5.75 Å². The zero-order valence-electron chi connectivity index (χ0n) is 9.88. The zero-order valence-corrected chi connectivity index (χ0v) is 9.88. The van der Waals surface area contributed by atoms with Gasteiger partial charge in [-0.15, -0.1) is 0 Å². The van der Waals surface area contributed by atoms with Crippen LogP contribution in [0.2, 0.25) is 0 Å². The summed E-state index contributed by atoms with van der Waals surface area (Å²) in [5.74, 6) is -0.521. The smallest absolute Gasteiger partial charge is 0.337 e. The van der Waals surface area contributed by atoms with Gasteiger partial charge in [0.25, 0.3) is 0 Å². The van der Waals surface area contributed by atoms with Crippen LogP contribution in [0, 0.1) is 0 Å². The lowest BCUT2D eigenvalue weighted by atomic mass is 10.0. The first kappa shape index (κ1) is 12.0. The van der Waals surface area contributed by atoms with Gasteiger partial charge in [0.2, 0.25) is 0 Å². The number of nitrogens with two attached hydrogens (primary N) is 1. The molecule has 2 rings (SSSR count). The molecule has 0 saturated carbocycles. The Bertz CT molecular complexity index is 579. The minimum absolute atomic E-state index is 0.0335. The lowest BCUT2D eigenvalue weighted by molar-refractivity contribution is 0.0601. The van der Waals surface area contributed by atoms with E-state index < -0.39 is 5.97 Å². The Kier molecular flexibility index (Phi) is 3.19. The van der Waals surface area contributed by atoms with E-state index in [9.17, 15) is 9.90 Å². The summed E-state index contributed by atoms with van der Waals surface area (Å²) in [7, 11) is 1.30. The van der Waals surface area contributed by atoms with Crippen molar-refractivity contribution >= 4 is 11.7 Å². The second-order valence-corrected chi connectivity index (χ2v) is 3.82. The number of hydrogen-bond donors (Lipinski definition) is 2. The SMILES string of the molecule is COC(=O)c1cc(N)c(O)c(-c2ccccc2)c1. The number of carbonyl (C=O) groups excluding carboxylic acids is 1. The fourth-order valence-electron chi connectivity index (χ4n) is 1.73. The molecule has 0 bridgehead atoms. The molecular formula is C14H13NO3. The second kappa shape index (κ2) is 4.79. The summed E-state index contributed by atoms with van der Waals surface area (Å²) >= 11 is 0. The Morgan fingerprint density at radius 2 is 1.89 bits per heavy atom. The van der Waals surface area contributed by atoms with E-state index in [0.29, 0.717) is 11.1 Å². The third kappa shape index (κ3) is 2.13. The van der Waals surface area contributed by atoms with E-state index >= 15 is 0 Å². The van der Waals surface area contributed by atoms with Crippen molar-refractivity contribution in [3.05, 3.63) is 48.0 Å². The normalized spacial score (nSPS) is 10.1. The molecule has 0 spiro atoms. The van der Waals surface area contributed by atoms with Gasteiger partial charge in [-0.3, -0.25) is 0 Å². The number of carbonyl (C=O) groups is 1. The van der Waals surface area contributed by atoms with Crippen molar-refractivity contribution in [2.24, 2.45) is 0 Å². The predicted octanol–water partition coefficient (Wildman–Crippen LogP) is 2.43. The van der Waals surface area contributed by atoms with Crippen LogP contribution in [0.15, 0.2) is 42.5 Å². The summed E-state index contributed by atoms with van der Waals surface area (Å²) in [4.78, 5) is 11.5. The molecule has 0 aromatic heterocycles. The average molecular weight is 243 g/mol. The summed E-state index contributed by atoms with van der Waals surface area (Å²) in [5, 5.41) is 9.95. The zero-order chi connectivity index (χ0) is 13.1. The Morgan fingerprint density at radius 3 is 2.50 bits per heavy atom. The lowest BCUT2D eigenvalue weighted by Gasteiger charge is -2.09. The summed E-state index contributed by atoms with van der Waals surface area (Å²) in [5.41, 5.74) is 7.45. The Hall–Kier alpha value is -2.49. The molecule has 0 atom stereocenters. The summed E-state index contributed by atoms with van der Waals surface area (Å²) in [6.07, 6.45) is 0. The van der Waals surface area contributed by atoms with Gasteiger partial charge in [-0.2, -0.15) is 0 Å². The fraction of sp³-hybridized carbons (Fsp3) is 0.0714. The van der Waals surface area contributed by atoms with Crippen molar-refractivity contribution in [3.63, 3.8) is 0 Å². The number of phenolic OH excluding ortho intramolecular Hbond substituents is 1. The first-order chi connectivity index (χ1) is 8.63. The molecule has 92 valence electrons. The van der Waals surface area contributed by atoms with Gasteiger partial charge in [0.05, 0.1) is 18.4 Å². The van der Waals surface area contributed by atoms with Crippen LogP contribution in [0.5, 0.6) is 5.75 Å². The molecule has 2 aromatic carbocycles. The average Bonchev–Trinajstić information content (AvgIpc) is 2.41. The first-order valence-corrected chi connectivity index (χ1v) is 5.39. The molecule has 0 aliphatic heterocycles. The number of aromatic hydroxyl groups is 1. The van der Waals surface area contributed by atoms with Crippen LogP contribution in [0.1, 0.15) is 10.4 Å². The number of rotatable bonds is 2. The van der Waals surface area contributed by atoms with Crippen molar-refractivity contribution < 1.29 is 14.6 Å². The summed E-state index contributed by atoms with van der Waals surface area (Å²) in [6.45, 7) is 0. The van der Waals surface area contributed by atoms with Crippen molar-refractivity contribution in [2.45, 2.75) is 0 Å². The van der Waals surface area contributed by atoms with Gasteiger partial charge in [-0.1, -0.05) is 30.3 Å². The van der Waals surface area contributed by atoms with E-state index in [2.05, 4.69) is 4.74 Å². The second-order valence-electron chi connectivity index (χ2n) is 3.82. The van der Waals surface area contributed by atoms with Crippen molar-refractivity contribution in [2.75, 3.05) is 12.8 Å². The van der Waals surface area contributed by atoms with Crippen LogP contribution in [-0.2, 0) is 4.74 Å². The number of phenols is 1. The molecule has 4 heteroatoms. The Morgan fingerprint density at radius 1 is 1.22 bits per heavy atom. The number of nitrogen functional groups attached to an aromatic ring is 1. The number of benzene rings is 2. The van der Waals surface area contributed by atoms with Crippen LogP contribution >= 0.6 is 0 Å². The highest BCUT2D eigenvalue weighted by molar-refractivity contribution is 5.94. The number of methoxy groups -OCH3 is 1. The molecule has 18 heavy (non-hydrogen) atoms. The van der Waals surface area contributed by atoms with E-state index in [4.69, 9.17) is 5.73 Å². The molecule has 0 fully saturated rings. The first-order valence-electron chi connectivity index (χ1n) is 5.39. The van der Waals surface area contributed by atoms with Gasteiger partial charge in [-0.25, -0.2) is 4.79 Å². The molecular weight excluding hydrogens is 230 g/mol. The molecule has 0 saturated heterocycles. The quantitative estimate of drug-likeness (QED) is 0.482. The van der Waals surface area contributed by atoms with Crippen molar-refractivity contribution in [1.29, 1.82) is 0 Å². The number of esters is 1. The van der Waals surface area contributed by atoms with Gasteiger partial charge in [-0.05, 0) is 17.7 Å². The van der Waals surface area contributed by atoms with Gasteiger partial charge >= 0.3 is 5.97 Å². The van der Waals surface area contributed by atoms with Crippen LogP contribution in [-0.4, -0.2) is 18.2 Å². The largest absolute Gasteiger partial charge is 0.505 e. The number of anilines is 1. The van der Waals surface area contributed by atoms with Crippen molar-refractivity contribution in [3.8, 4) is 16.9 Å². The fourth-order valence-corrected chi connectivity index (χ4v) is 1.73. The summed E-state index contributed by atoms with van der Waals surface area (Å²) < 4.78 is 4.65. The van der Waals surface area contributed by atoms with Crippen LogP contribution in [0.3, 0.4) is 0 Å². The van der Waals surface area contributed by atoms with E-state index in [1.54, 1.807) is 6.07 Å². The molecule has 2 aromatic rings. The Labute approximate surface area is 105 Å². The minimum atomic E-state index is -0.487. The topological polar surface area (TPSA) is 72.5 Å². The van der Waals surface area contributed by atoms with E-state index in [-0.39, 0.29) is 11.4 Å². The molecule has 0 unspecified atom stereocenters. The van der Waals surface area contributed by atoms with E-state index in [0.717, 1.165) is 5.56 Å². The standard InChI is InChI=1S/C14H13NO3/c1-18-14(17)10-7-11(13(16)12(15)8-10)9-5-3-2-4-6-9/h2-8,16H,15H2,1H3. The number of ether oxygens (including phenoxy) is 1. The highest BCUT2D eigenvalue weighted by Gasteiger charge is 2.14. The van der Waals surface area contributed by atoms with Crippen molar-refractivity contribution in [1.82, 2.24) is 0 Å². The third-order valence-electron chi connectivity index (χ3n) is 2.65. The van der Waals surface area contributed by atoms with Gasteiger partial charge in [0, 0.05) is 5.56 Å². The van der Waals surface area contributed by atoms with Gasteiger partial charge in [0.15, 0.2) is 0 Å². The highest BCUT2D eigenvalue weighted by Crippen LogP contribution is 2.35.